The van der Waals surface area contributed by atoms with Crippen LogP contribution in [0.3, 0.4) is 0 Å². The number of hydrogen-bond donors (Lipinski definition) is 0. The number of halogens is 2. The first kappa shape index (κ1) is 12.3. The maximum Gasteiger partial charge on any atom is 0.146 e. The molecule has 0 heterocycles. The fourth-order valence-corrected chi connectivity index (χ4v) is 1.89. The number of benzene rings is 2. The maximum absolute atomic E-state index is 6.10. The Morgan fingerprint density at radius 1 is 0.882 bits per heavy atom. The molecule has 0 saturated carbocycles. The summed E-state index contributed by atoms with van der Waals surface area (Å²) in [6, 6.07) is 11.2. The van der Waals surface area contributed by atoms with E-state index in [-0.39, 0.29) is 0 Å². The number of aryl methyl sites for hydroxylation is 2. The van der Waals surface area contributed by atoms with Crippen molar-refractivity contribution in [3.63, 3.8) is 0 Å². The average molecular weight is 267 g/mol. The van der Waals surface area contributed by atoms with Gasteiger partial charge in [-0.15, -0.1) is 0 Å². The molecule has 1 nitrogen and oxygen atoms in total. The van der Waals surface area contributed by atoms with Crippen molar-refractivity contribution in [1.29, 1.82) is 0 Å². The summed E-state index contributed by atoms with van der Waals surface area (Å²) in [4.78, 5) is 0. The van der Waals surface area contributed by atoms with Gasteiger partial charge in [-0.3, -0.25) is 0 Å². The highest BCUT2D eigenvalue weighted by Gasteiger charge is 2.04. The molecular formula is C14H12Cl2O. The van der Waals surface area contributed by atoms with Crippen LogP contribution >= 0.6 is 23.2 Å². The van der Waals surface area contributed by atoms with E-state index in [9.17, 15) is 0 Å². The Morgan fingerprint density at radius 2 is 1.65 bits per heavy atom. The minimum absolute atomic E-state index is 0.609. The molecule has 2 aromatic carbocycles. The van der Waals surface area contributed by atoms with E-state index in [1.54, 1.807) is 0 Å². The van der Waals surface area contributed by atoms with E-state index in [0.717, 1.165) is 21.9 Å². The summed E-state index contributed by atoms with van der Waals surface area (Å²) in [5.74, 6) is 1.39. The molecule has 0 fully saturated rings. The predicted octanol–water partition coefficient (Wildman–Crippen LogP) is 5.40. The molecule has 0 saturated heterocycles. The Bertz CT molecular complexity index is 550. The van der Waals surface area contributed by atoms with Gasteiger partial charge in [-0.2, -0.15) is 0 Å². The van der Waals surface area contributed by atoms with Crippen molar-refractivity contribution in [3.8, 4) is 11.5 Å². The molecule has 2 aromatic rings. The minimum Gasteiger partial charge on any atom is -0.456 e. The van der Waals surface area contributed by atoms with E-state index in [2.05, 4.69) is 0 Å². The zero-order valence-corrected chi connectivity index (χ0v) is 11.1. The number of ether oxygens (including phenoxy) is 1. The lowest BCUT2D eigenvalue weighted by Gasteiger charge is -2.09. The van der Waals surface area contributed by atoms with Crippen LogP contribution in [0.1, 0.15) is 11.1 Å². The van der Waals surface area contributed by atoms with Crippen LogP contribution in [0.4, 0.5) is 0 Å². The second-order valence-corrected chi connectivity index (χ2v) is 4.76. The third kappa shape index (κ3) is 2.93. The molecule has 0 aliphatic carbocycles. The van der Waals surface area contributed by atoms with Crippen molar-refractivity contribution >= 4 is 23.2 Å². The molecule has 0 aliphatic rings. The summed E-state index contributed by atoms with van der Waals surface area (Å²) >= 11 is 12.1. The van der Waals surface area contributed by atoms with Crippen LogP contribution in [0.25, 0.3) is 0 Å². The molecule has 0 atom stereocenters. The van der Waals surface area contributed by atoms with E-state index in [1.165, 1.54) is 0 Å². The molecule has 0 unspecified atom stereocenters. The van der Waals surface area contributed by atoms with Crippen LogP contribution in [-0.4, -0.2) is 0 Å². The van der Waals surface area contributed by atoms with Crippen molar-refractivity contribution < 1.29 is 4.74 Å². The molecule has 0 bridgehead atoms. The van der Waals surface area contributed by atoms with E-state index < -0.39 is 0 Å². The third-order valence-corrected chi connectivity index (χ3v) is 3.16. The van der Waals surface area contributed by atoms with E-state index in [1.807, 2.05) is 50.2 Å². The Morgan fingerprint density at radius 3 is 2.29 bits per heavy atom. The van der Waals surface area contributed by atoms with Crippen molar-refractivity contribution in [2.45, 2.75) is 13.8 Å². The van der Waals surface area contributed by atoms with Gasteiger partial charge < -0.3 is 4.74 Å². The van der Waals surface area contributed by atoms with Crippen LogP contribution in [0.5, 0.6) is 11.5 Å². The van der Waals surface area contributed by atoms with Crippen molar-refractivity contribution in [1.82, 2.24) is 0 Å². The van der Waals surface area contributed by atoms with Crippen molar-refractivity contribution in [2.75, 3.05) is 0 Å². The Hall–Kier alpha value is -1.18. The molecule has 0 spiro atoms. The fraction of sp³-hybridized carbons (Fsp3) is 0.143. The number of rotatable bonds is 2. The van der Waals surface area contributed by atoms with Gasteiger partial charge in [0.05, 0.1) is 5.02 Å². The van der Waals surface area contributed by atoms with Gasteiger partial charge in [0.25, 0.3) is 0 Å². The molecule has 0 amide bonds. The zero-order valence-electron chi connectivity index (χ0n) is 9.63. The van der Waals surface area contributed by atoms with Crippen LogP contribution in [0.2, 0.25) is 10.0 Å². The first-order chi connectivity index (χ1) is 8.06. The highest BCUT2D eigenvalue weighted by atomic mass is 35.5. The minimum atomic E-state index is 0.609. The first-order valence-corrected chi connectivity index (χ1v) is 6.02. The Labute approximate surface area is 111 Å². The van der Waals surface area contributed by atoms with Gasteiger partial charge in [-0.1, -0.05) is 29.3 Å². The van der Waals surface area contributed by atoms with Gasteiger partial charge >= 0.3 is 0 Å². The average Bonchev–Trinajstić information content (AvgIpc) is 2.27. The van der Waals surface area contributed by atoms with E-state index in [4.69, 9.17) is 27.9 Å². The normalized spacial score (nSPS) is 10.4. The molecule has 2 rings (SSSR count). The lowest BCUT2D eigenvalue weighted by molar-refractivity contribution is 0.482. The molecule has 0 N–H and O–H groups in total. The molecular weight excluding hydrogens is 255 g/mol. The summed E-state index contributed by atoms with van der Waals surface area (Å²) in [7, 11) is 0. The smallest absolute Gasteiger partial charge is 0.146 e. The quantitative estimate of drug-likeness (QED) is 0.707. The number of hydrogen-bond acceptors (Lipinski definition) is 1. The highest BCUT2D eigenvalue weighted by molar-refractivity contribution is 6.32. The van der Waals surface area contributed by atoms with Crippen LogP contribution in [0.15, 0.2) is 36.4 Å². The Kier molecular flexibility index (Phi) is 3.60. The summed E-state index contributed by atoms with van der Waals surface area (Å²) < 4.78 is 5.71. The summed E-state index contributed by atoms with van der Waals surface area (Å²) in [6.07, 6.45) is 0. The largest absolute Gasteiger partial charge is 0.456 e. The summed E-state index contributed by atoms with van der Waals surface area (Å²) in [5, 5.41) is 1.34. The first-order valence-electron chi connectivity index (χ1n) is 5.26. The molecule has 3 heteroatoms. The summed E-state index contributed by atoms with van der Waals surface area (Å²) in [5.41, 5.74) is 2.09. The lowest BCUT2D eigenvalue weighted by atomic mass is 10.2. The highest BCUT2D eigenvalue weighted by Crippen LogP contribution is 2.31. The molecule has 88 valence electrons. The van der Waals surface area contributed by atoms with Crippen molar-refractivity contribution in [3.05, 3.63) is 57.6 Å². The van der Waals surface area contributed by atoms with Gasteiger partial charge in [0.2, 0.25) is 0 Å². The van der Waals surface area contributed by atoms with E-state index >= 15 is 0 Å². The van der Waals surface area contributed by atoms with Gasteiger partial charge in [0.15, 0.2) is 0 Å². The molecule has 0 radical (unpaired) electrons. The topological polar surface area (TPSA) is 9.23 Å². The lowest BCUT2D eigenvalue weighted by Crippen LogP contribution is -1.87. The fourth-order valence-electron chi connectivity index (χ4n) is 1.50. The van der Waals surface area contributed by atoms with Crippen LogP contribution < -0.4 is 4.74 Å². The molecule has 17 heavy (non-hydrogen) atoms. The molecule has 0 aliphatic heterocycles. The van der Waals surface area contributed by atoms with Gasteiger partial charge in [0.1, 0.15) is 11.5 Å². The third-order valence-electron chi connectivity index (χ3n) is 2.44. The van der Waals surface area contributed by atoms with Crippen LogP contribution in [0, 0.1) is 13.8 Å². The SMILES string of the molecule is Cc1ccc(Oc2ccc(Cl)c(C)c2)c(Cl)c1. The van der Waals surface area contributed by atoms with Gasteiger partial charge in [-0.25, -0.2) is 0 Å². The standard InChI is InChI=1S/C14H12Cl2O/c1-9-3-6-14(13(16)7-9)17-11-4-5-12(15)10(2)8-11/h3-8H,1-2H3. The van der Waals surface area contributed by atoms with Crippen molar-refractivity contribution in [2.24, 2.45) is 0 Å². The van der Waals surface area contributed by atoms with Crippen LogP contribution in [-0.2, 0) is 0 Å². The second-order valence-electron chi connectivity index (χ2n) is 3.95. The van der Waals surface area contributed by atoms with E-state index in [0.29, 0.717) is 10.8 Å². The maximum atomic E-state index is 6.10. The molecule has 0 aromatic heterocycles. The Balaban J connectivity index is 2.28. The van der Waals surface area contributed by atoms with Gasteiger partial charge in [0, 0.05) is 5.02 Å². The second kappa shape index (κ2) is 4.99. The predicted molar refractivity (Wildman–Crippen MR) is 72.5 cm³/mol. The van der Waals surface area contributed by atoms with Gasteiger partial charge in [-0.05, 0) is 55.3 Å². The summed E-state index contributed by atoms with van der Waals surface area (Å²) in [6.45, 7) is 3.92. The zero-order chi connectivity index (χ0) is 12.4. The monoisotopic (exact) mass is 266 g/mol.